The van der Waals surface area contributed by atoms with Gasteiger partial charge in [0.05, 0.1) is 0 Å². The number of fused-ring (bicyclic) bond motifs is 5. The van der Waals surface area contributed by atoms with Crippen LogP contribution in [-0.4, -0.2) is 0 Å². The maximum atomic E-state index is 2.64. The summed E-state index contributed by atoms with van der Waals surface area (Å²) in [6.45, 7) is 9.76. The van der Waals surface area contributed by atoms with Crippen molar-refractivity contribution in [3.8, 4) is 33.4 Å². The summed E-state index contributed by atoms with van der Waals surface area (Å²) in [7, 11) is 0. The second kappa shape index (κ2) is 12.8. The van der Waals surface area contributed by atoms with Crippen molar-refractivity contribution in [1.82, 2.24) is 0 Å². The van der Waals surface area contributed by atoms with Crippen molar-refractivity contribution in [3.05, 3.63) is 174 Å². The lowest BCUT2D eigenvalue weighted by Crippen LogP contribution is -2.55. The van der Waals surface area contributed by atoms with E-state index in [0.29, 0.717) is 0 Å². The van der Waals surface area contributed by atoms with Crippen LogP contribution < -0.4 is 4.90 Å². The largest absolute Gasteiger partial charge is 0.310 e. The van der Waals surface area contributed by atoms with Crippen molar-refractivity contribution in [1.29, 1.82) is 0 Å². The molecule has 0 saturated heterocycles. The molecule has 13 rings (SSSR count). The van der Waals surface area contributed by atoms with Gasteiger partial charge in [-0.05, 0) is 182 Å². The van der Waals surface area contributed by atoms with Gasteiger partial charge in [0.15, 0.2) is 0 Å². The fraction of sp³-hybridized carbons (Fsp3) is 0.310. The smallest absolute Gasteiger partial charge is 0.0465 e. The number of hydrogen-bond acceptors (Lipinski definition) is 1. The molecule has 0 unspecified atom stereocenters. The first-order chi connectivity index (χ1) is 28.7. The third-order valence-electron chi connectivity index (χ3n) is 16.3. The maximum Gasteiger partial charge on any atom is 0.0465 e. The highest BCUT2D eigenvalue weighted by Crippen LogP contribution is 2.69. The fourth-order valence-electron chi connectivity index (χ4n) is 13.8. The second-order valence-corrected chi connectivity index (χ2v) is 20.4. The van der Waals surface area contributed by atoms with Gasteiger partial charge in [0.25, 0.3) is 0 Å². The standard InChI is InChI=1S/C58H55N/c1-56(2)29-30-57(3,4)55-49(16-10-18-53(55)56)41-21-25-45(26-22-41)59(44-23-19-40(20-24-44)48-15-9-12-39-11-5-6-13-47(39)48)46-27-28-51-50-14-7-8-17-52(50)58(54(51)36-46)42-32-37-31-38(34-42)35-43(58)33-37/h5-28,36-38,42-43H,29-35H2,1-4H3. The van der Waals surface area contributed by atoms with Gasteiger partial charge in [-0.25, -0.2) is 0 Å². The Morgan fingerprint density at radius 3 is 1.68 bits per heavy atom. The van der Waals surface area contributed by atoms with Crippen LogP contribution in [0.4, 0.5) is 17.1 Å². The van der Waals surface area contributed by atoms with Gasteiger partial charge in [0.1, 0.15) is 0 Å². The molecule has 7 aromatic rings. The van der Waals surface area contributed by atoms with Crippen LogP contribution in [0.15, 0.2) is 152 Å². The molecule has 7 aromatic carbocycles. The third kappa shape index (κ3) is 5.22. The molecule has 4 saturated carbocycles. The number of benzene rings is 7. The summed E-state index contributed by atoms with van der Waals surface area (Å²) in [4.78, 5) is 2.54. The lowest BCUT2D eigenvalue weighted by atomic mass is 9.43. The normalized spacial score (nSPS) is 25.2. The minimum Gasteiger partial charge on any atom is -0.310 e. The Morgan fingerprint density at radius 2 is 0.949 bits per heavy atom. The van der Waals surface area contributed by atoms with Crippen LogP contribution in [0, 0.1) is 23.7 Å². The van der Waals surface area contributed by atoms with E-state index >= 15 is 0 Å². The summed E-state index contributed by atoms with van der Waals surface area (Å²) >= 11 is 0. The van der Waals surface area contributed by atoms with Crippen LogP contribution >= 0.6 is 0 Å². The minimum absolute atomic E-state index is 0.121. The molecule has 1 nitrogen and oxygen atoms in total. The van der Waals surface area contributed by atoms with Gasteiger partial charge in [-0.1, -0.05) is 143 Å². The molecule has 0 atom stereocenters. The first-order valence-corrected chi connectivity index (χ1v) is 22.6. The van der Waals surface area contributed by atoms with E-state index in [-0.39, 0.29) is 16.2 Å². The number of anilines is 3. The first kappa shape index (κ1) is 35.5. The molecular weight excluding hydrogens is 711 g/mol. The monoisotopic (exact) mass is 765 g/mol. The number of hydrogen-bond donors (Lipinski definition) is 0. The Morgan fingerprint density at radius 1 is 0.424 bits per heavy atom. The predicted octanol–water partition coefficient (Wildman–Crippen LogP) is 15.7. The van der Waals surface area contributed by atoms with Crippen molar-refractivity contribution in [2.45, 2.75) is 88.9 Å². The number of rotatable bonds is 5. The molecule has 1 spiro atoms. The zero-order valence-electron chi connectivity index (χ0n) is 35.1. The van der Waals surface area contributed by atoms with Crippen molar-refractivity contribution in [2.75, 3.05) is 4.90 Å². The van der Waals surface area contributed by atoms with Crippen molar-refractivity contribution >= 4 is 27.8 Å². The maximum absolute atomic E-state index is 2.64. The zero-order valence-corrected chi connectivity index (χ0v) is 35.1. The molecule has 59 heavy (non-hydrogen) atoms. The summed E-state index contributed by atoms with van der Waals surface area (Å²) < 4.78 is 0. The van der Waals surface area contributed by atoms with Gasteiger partial charge < -0.3 is 4.90 Å². The van der Waals surface area contributed by atoms with E-state index in [1.54, 1.807) is 11.1 Å². The van der Waals surface area contributed by atoms with Gasteiger partial charge in [0, 0.05) is 22.5 Å². The van der Waals surface area contributed by atoms with E-state index in [4.69, 9.17) is 0 Å². The van der Waals surface area contributed by atoms with Crippen LogP contribution in [0.3, 0.4) is 0 Å². The minimum atomic E-state index is 0.121. The van der Waals surface area contributed by atoms with Crippen LogP contribution in [0.2, 0.25) is 0 Å². The van der Waals surface area contributed by atoms with Gasteiger partial charge in [-0.2, -0.15) is 0 Å². The van der Waals surface area contributed by atoms with Crippen LogP contribution in [0.5, 0.6) is 0 Å². The molecular formula is C58H55N. The molecule has 4 fully saturated rings. The molecule has 1 heteroatoms. The zero-order chi connectivity index (χ0) is 39.7. The molecule has 0 aliphatic heterocycles. The van der Waals surface area contributed by atoms with Crippen LogP contribution in [0.25, 0.3) is 44.2 Å². The van der Waals surface area contributed by atoms with Crippen molar-refractivity contribution in [2.24, 2.45) is 23.7 Å². The molecule has 0 aromatic heterocycles. The molecule has 6 aliphatic rings. The Hall–Kier alpha value is -5.40. The van der Waals surface area contributed by atoms with E-state index in [2.05, 4.69) is 184 Å². The molecule has 0 radical (unpaired) electrons. The van der Waals surface area contributed by atoms with E-state index in [1.165, 1.54) is 117 Å². The molecule has 0 N–H and O–H groups in total. The highest BCUT2D eigenvalue weighted by molar-refractivity contribution is 5.97. The van der Waals surface area contributed by atoms with Gasteiger partial charge in [-0.3, -0.25) is 0 Å². The highest BCUT2D eigenvalue weighted by atomic mass is 15.1. The average molecular weight is 766 g/mol. The SMILES string of the molecule is CC1(C)CCC(C)(C)c2c(-c3ccc(N(c4ccc(-c5cccc6ccccc56)cc4)c4ccc5c(c4)C4(c6ccccc6-5)C5CC6CC(C5)CC4C6)cc3)cccc21. The summed E-state index contributed by atoms with van der Waals surface area (Å²) in [5.41, 5.74) is 18.5. The molecule has 0 amide bonds. The summed E-state index contributed by atoms with van der Waals surface area (Å²) in [5, 5.41) is 2.57. The van der Waals surface area contributed by atoms with E-state index in [1.807, 2.05) is 0 Å². The summed E-state index contributed by atoms with van der Waals surface area (Å²) in [5.74, 6) is 3.31. The van der Waals surface area contributed by atoms with Crippen molar-refractivity contribution in [3.63, 3.8) is 0 Å². The first-order valence-electron chi connectivity index (χ1n) is 22.6. The second-order valence-electron chi connectivity index (χ2n) is 20.4. The quantitative estimate of drug-likeness (QED) is 0.169. The Balaban J connectivity index is 1.01. The fourth-order valence-corrected chi connectivity index (χ4v) is 13.8. The van der Waals surface area contributed by atoms with Gasteiger partial charge in [-0.15, -0.1) is 0 Å². The molecule has 0 heterocycles. The third-order valence-corrected chi connectivity index (χ3v) is 16.3. The average Bonchev–Trinajstić information content (AvgIpc) is 3.54. The molecule has 292 valence electrons. The van der Waals surface area contributed by atoms with Crippen molar-refractivity contribution < 1.29 is 0 Å². The molecule has 4 bridgehead atoms. The predicted molar refractivity (Wildman–Crippen MR) is 248 cm³/mol. The summed E-state index contributed by atoms with van der Waals surface area (Å²) in [6, 6.07) is 58.4. The van der Waals surface area contributed by atoms with Gasteiger partial charge in [0.2, 0.25) is 0 Å². The Bertz CT molecular complexity index is 2750. The van der Waals surface area contributed by atoms with Gasteiger partial charge >= 0.3 is 0 Å². The topological polar surface area (TPSA) is 3.24 Å². The number of nitrogens with zero attached hydrogens (tertiary/aromatic N) is 1. The Labute approximate surface area is 351 Å². The highest BCUT2D eigenvalue weighted by Gasteiger charge is 2.61. The molecule has 6 aliphatic carbocycles. The van der Waals surface area contributed by atoms with E-state index < -0.39 is 0 Å². The summed E-state index contributed by atoms with van der Waals surface area (Å²) in [6.07, 6.45) is 9.46. The van der Waals surface area contributed by atoms with Crippen LogP contribution in [-0.2, 0) is 16.2 Å². The van der Waals surface area contributed by atoms with Crippen LogP contribution in [0.1, 0.15) is 94.9 Å². The van der Waals surface area contributed by atoms with E-state index in [9.17, 15) is 0 Å². The Kier molecular flexibility index (Phi) is 7.71. The lowest BCUT2D eigenvalue weighted by molar-refractivity contribution is -0.0399. The van der Waals surface area contributed by atoms with E-state index in [0.717, 1.165) is 23.7 Å². The lowest BCUT2D eigenvalue weighted by Gasteiger charge is -2.61.